The normalized spacial score (nSPS) is 28.4. The minimum atomic E-state index is 0.753. The third-order valence-electron chi connectivity index (χ3n) is 3.36. The van der Waals surface area contributed by atoms with Gasteiger partial charge in [-0.3, -0.25) is 0 Å². The Balaban J connectivity index is 2.23. The third-order valence-corrected chi connectivity index (χ3v) is 3.36. The summed E-state index contributed by atoms with van der Waals surface area (Å²) in [5, 5.41) is 3.61. The molecule has 0 aromatic heterocycles. The molecule has 0 aromatic rings. The highest BCUT2D eigenvalue weighted by molar-refractivity contribution is 4.92. The van der Waals surface area contributed by atoms with E-state index in [1.807, 2.05) is 0 Å². The van der Waals surface area contributed by atoms with Gasteiger partial charge < -0.3 is 5.32 Å². The number of rotatable bonds is 4. The van der Waals surface area contributed by atoms with E-state index in [4.69, 9.17) is 0 Å². The summed E-state index contributed by atoms with van der Waals surface area (Å²) in [5.41, 5.74) is 1.25. The maximum Gasteiger partial charge on any atom is 0.0161 e. The Morgan fingerprint density at radius 1 is 1.29 bits per heavy atom. The topological polar surface area (TPSA) is 12.0 Å². The molecule has 1 fully saturated rings. The molecule has 0 heterocycles. The highest BCUT2D eigenvalue weighted by Crippen LogP contribution is 2.25. The molecule has 1 rings (SSSR count). The lowest BCUT2D eigenvalue weighted by Gasteiger charge is -2.16. The lowest BCUT2D eigenvalue weighted by Crippen LogP contribution is -2.29. The molecule has 14 heavy (non-hydrogen) atoms. The first-order valence-electron chi connectivity index (χ1n) is 6.10. The molecule has 0 bridgehead atoms. The van der Waals surface area contributed by atoms with Crippen LogP contribution in [0.3, 0.4) is 0 Å². The van der Waals surface area contributed by atoms with Crippen molar-refractivity contribution in [3.05, 3.63) is 12.2 Å². The zero-order valence-corrected chi connectivity index (χ0v) is 9.81. The van der Waals surface area contributed by atoms with Gasteiger partial charge in [0.1, 0.15) is 0 Å². The Bertz CT molecular complexity index is 174. The SMILES string of the molecule is C=C(C)CNC1CCCC(CC)CC1. The number of nitrogens with one attached hydrogen (secondary N) is 1. The summed E-state index contributed by atoms with van der Waals surface area (Å²) in [6.07, 6.45) is 8.38. The van der Waals surface area contributed by atoms with Gasteiger partial charge in [0.2, 0.25) is 0 Å². The van der Waals surface area contributed by atoms with E-state index in [1.165, 1.54) is 44.1 Å². The molecule has 0 saturated heterocycles. The average Bonchev–Trinajstić information content (AvgIpc) is 2.39. The highest BCUT2D eigenvalue weighted by atomic mass is 14.9. The molecule has 1 nitrogen and oxygen atoms in total. The fourth-order valence-corrected chi connectivity index (χ4v) is 2.31. The highest BCUT2D eigenvalue weighted by Gasteiger charge is 2.16. The van der Waals surface area contributed by atoms with Crippen LogP contribution in [0.4, 0.5) is 0 Å². The fourth-order valence-electron chi connectivity index (χ4n) is 2.31. The second-order valence-corrected chi connectivity index (χ2v) is 4.82. The van der Waals surface area contributed by atoms with Gasteiger partial charge in [-0.25, -0.2) is 0 Å². The van der Waals surface area contributed by atoms with Crippen LogP contribution in [0.5, 0.6) is 0 Å². The van der Waals surface area contributed by atoms with Gasteiger partial charge in [0.15, 0.2) is 0 Å². The van der Waals surface area contributed by atoms with Crippen LogP contribution < -0.4 is 5.32 Å². The maximum absolute atomic E-state index is 3.93. The van der Waals surface area contributed by atoms with Crippen molar-refractivity contribution < 1.29 is 0 Å². The lowest BCUT2D eigenvalue weighted by molar-refractivity contribution is 0.431. The van der Waals surface area contributed by atoms with E-state index >= 15 is 0 Å². The van der Waals surface area contributed by atoms with Gasteiger partial charge in [-0.15, -0.1) is 0 Å². The Morgan fingerprint density at radius 3 is 2.71 bits per heavy atom. The predicted octanol–water partition coefficient (Wildman–Crippen LogP) is 3.51. The smallest absolute Gasteiger partial charge is 0.0161 e. The molecule has 1 heteroatoms. The summed E-state index contributed by atoms with van der Waals surface area (Å²) in [4.78, 5) is 0. The molecule has 2 atom stereocenters. The molecule has 82 valence electrons. The predicted molar refractivity (Wildman–Crippen MR) is 63.5 cm³/mol. The zero-order chi connectivity index (χ0) is 10.4. The Hall–Kier alpha value is -0.300. The third kappa shape index (κ3) is 4.28. The largest absolute Gasteiger partial charge is 0.310 e. The van der Waals surface area contributed by atoms with Crippen molar-refractivity contribution in [3.8, 4) is 0 Å². The van der Waals surface area contributed by atoms with E-state index in [9.17, 15) is 0 Å². The summed E-state index contributed by atoms with van der Waals surface area (Å²) < 4.78 is 0. The van der Waals surface area contributed by atoms with Crippen LogP contribution in [0.15, 0.2) is 12.2 Å². The first-order chi connectivity index (χ1) is 6.72. The first kappa shape index (κ1) is 11.8. The van der Waals surface area contributed by atoms with Gasteiger partial charge in [0.05, 0.1) is 0 Å². The van der Waals surface area contributed by atoms with Crippen LogP contribution in [-0.4, -0.2) is 12.6 Å². The summed E-state index contributed by atoms with van der Waals surface area (Å²) in [5.74, 6) is 0.992. The molecule has 0 aromatic carbocycles. The first-order valence-corrected chi connectivity index (χ1v) is 6.10. The van der Waals surface area contributed by atoms with Gasteiger partial charge in [-0.1, -0.05) is 38.3 Å². The molecular formula is C13H25N. The van der Waals surface area contributed by atoms with Crippen molar-refractivity contribution in [3.63, 3.8) is 0 Å². The van der Waals surface area contributed by atoms with E-state index < -0.39 is 0 Å². The van der Waals surface area contributed by atoms with Gasteiger partial charge in [0, 0.05) is 12.6 Å². The summed E-state index contributed by atoms with van der Waals surface area (Å²) >= 11 is 0. The summed E-state index contributed by atoms with van der Waals surface area (Å²) in [6.45, 7) is 9.35. The fraction of sp³-hybridized carbons (Fsp3) is 0.846. The minimum absolute atomic E-state index is 0.753. The number of hydrogen-bond acceptors (Lipinski definition) is 1. The van der Waals surface area contributed by atoms with Gasteiger partial charge in [-0.05, 0) is 32.1 Å². The van der Waals surface area contributed by atoms with Crippen molar-refractivity contribution in [1.29, 1.82) is 0 Å². The molecule has 0 spiro atoms. The second-order valence-electron chi connectivity index (χ2n) is 4.82. The van der Waals surface area contributed by atoms with E-state index in [-0.39, 0.29) is 0 Å². The van der Waals surface area contributed by atoms with E-state index in [0.717, 1.165) is 18.5 Å². The van der Waals surface area contributed by atoms with Crippen LogP contribution in [-0.2, 0) is 0 Å². The Labute approximate surface area is 89.0 Å². The van der Waals surface area contributed by atoms with Crippen molar-refractivity contribution in [2.75, 3.05) is 6.54 Å². The average molecular weight is 195 g/mol. The molecule has 1 aliphatic carbocycles. The molecule has 2 unspecified atom stereocenters. The van der Waals surface area contributed by atoms with E-state index in [2.05, 4.69) is 25.7 Å². The van der Waals surface area contributed by atoms with Gasteiger partial charge in [0.25, 0.3) is 0 Å². The van der Waals surface area contributed by atoms with E-state index in [0.29, 0.717) is 0 Å². The molecule has 1 N–H and O–H groups in total. The molecule has 1 aliphatic rings. The molecule has 0 radical (unpaired) electrons. The van der Waals surface area contributed by atoms with Gasteiger partial charge in [-0.2, -0.15) is 0 Å². The van der Waals surface area contributed by atoms with Crippen LogP contribution in [0.25, 0.3) is 0 Å². The molecule has 0 aliphatic heterocycles. The van der Waals surface area contributed by atoms with Crippen LogP contribution in [0.2, 0.25) is 0 Å². The van der Waals surface area contributed by atoms with Gasteiger partial charge >= 0.3 is 0 Å². The number of hydrogen-bond donors (Lipinski definition) is 1. The van der Waals surface area contributed by atoms with Crippen molar-refractivity contribution >= 4 is 0 Å². The van der Waals surface area contributed by atoms with E-state index in [1.54, 1.807) is 0 Å². The lowest BCUT2D eigenvalue weighted by atomic mass is 9.98. The minimum Gasteiger partial charge on any atom is -0.310 e. The molecular weight excluding hydrogens is 170 g/mol. The van der Waals surface area contributed by atoms with Crippen LogP contribution >= 0.6 is 0 Å². The monoisotopic (exact) mass is 195 g/mol. The Kier molecular flexibility index (Phi) is 5.24. The van der Waals surface area contributed by atoms with Crippen molar-refractivity contribution in [2.24, 2.45) is 5.92 Å². The summed E-state index contributed by atoms with van der Waals surface area (Å²) in [6, 6.07) is 0.753. The second kappa shape index (κ2) is 6.23. The quantitative estimate of drug-likeness (QED) is 0.534. The summed E-state index contributed by atoms with van der Waals surface area (Å²) in [7, 11) is 0. The van der Waals surface area contributed by atoms with Crippen molar-refractivity contribution in [2.45, 2.75) is 58.4 Å². The maximum atomic E-state index is 3.93. The van der Waals surface area contributed by atoms with Crippen LogP contribution in [0.1, 0.15) is 52.4 Å². The molecule has 1 saturated carbocycles. The Morgan fingerprint density at radius 2 is 2.07 bits per heavy atom. The van der Waals surface area contributed by atoms with Crippen LogP contribution in [0, 0.1) is 5.92 Å². The zero-order valence-electron chi connectivity index (χ0n) is 9.81. The van der Waals surface area contributed by atoms with Crippen molar-refractivity contribution in [1.82, 2.24) is 5.32 Å². The molecule has 0 amide bonds. The standard InChI is InChI=1S/C13H25N/c1-4-12-6-5-7-13(9-8-12)14-10-11(2)3/h12-14H,2,4-10H2,1,3H3.